The first-order chi connectivity index (χ1) is 20.1. The maximum Gasteiger partial charge on any atom is 0.242 e. The quantitative estimate of drug-likeness (QED) is 0.323. The van der Waals surface area contributed by atoms with Gasteiger partial charge in [-0.2, -0.15) is 5.10 Å². The number of nitrogens with zero attached hydrogens (tertiary/aromatic N) is 4. The standard InChI is InChI=1S/C32H30N4O4S/c1-21-9-5-6-12-24(21)36-32-29(30(33-36)22-10-3-2-4-11-22)31(23-13-14-25-26(17-23)40-20-39-25)41-19-28(38)35(32)18-27(37)34-15-7-8-16-34/h2-6,9-14,17,31H,7-8,15-16,18-20H2,1H3. The predicted molar refractivity (Wildman–Crippen MR) is 159 cm³/mol. The average molecular weight is 567 g/mol. The van der Waals surface area contributed by atoms with E-state index in [1.54, 1.807) is 16.7 Å². The van der Waals surface area contributed by atoms with Crippen molar-refractivity contribution in [3.63, 3.8) is 0 Å². The molecule has 0 saturated carbocycles. The van der Waals surface area contributed by atoms with Gasteiger partial charge in [0, 0.05) is 24.2 Å². The van der Waals surface area contributed by atoms with Gasteiger partial charge in [-0.25, -0.2) is 4.68 Å². The molecule has 3 aromatic carbocycles. The number of aryl methyl sites for hydroxylation is 1. The van der Waals surface area contributed by atoms with Crippen molar-refractivity contribution in [2.45, 2.75) is 25.0 Å². The summed E-state index contributed by atoms with van der Waals surface area (Å²) in [5, 5.41) is 4.97. The van der Waals surface area contributed by atoms with Gasteiger partial charge in [0.2, 0.25) is 18.6 Å². The SMILES string of the molecule is Cc1ccccc1-n1nc(-c2ccccc2)c2c1N(CC(=O)N1CCCC1)C(=O)CSC2c1ccc2c(c1)OCO2. The van der Waals surface area contributed by atoms with Gasteiger partial charge in [0.05, 0.1) is 22.4 Å². The molecule has 8 nitrogen and oxygen atoms in total. The molecule has 2 amide bonds. The Bertz CT molecular complexity index is 1630. The molecule has 4 aromatic rings. The first-order valence-corrected chi connectivity index (χ1v) is 15.0. The Morgan fingerprint density at radius 3 is 2.54 bits per heavy atom. The lowest BCUT2D eigenvalue weighted by atomic mass is 9.99. The zero-order chi connectivity index (χ0) is 27.9. The van der Waals surface area contributed by atoms with E-state index in [1.807, 2.05) is 89.3 Å². The first kappa shape index (κ1) is 25.7. The molecule has 0 N–H and O–H groups in total. The number of aromatic nitrogens is 2. The monoisotopic (exact) mass is 566 g/mol. The molecule has 0 bridgehead atoms. The second kappa shape index (κ2) is 10.6. The molecule has 0 radical (unpaired) electrons. The van der Waals surface area contributed by atoms with Crippen LogP contribution in [0.25, 0.3) is 16.9 Å². The third kappa shape index (κ3) is 4.64. The molecule has 1 unspecified atom stereocenters. The smallest absolute Gasteiger partial charge is 0.242 e. The first-order valence-electron chi connectivity index (χ1n) is 13.9. The van der Waals surface area contributed by atoms with Crippen LogP contribution in [0.1, 0.15) is 34.8 Å². The van der Waals surface area contributed by atoms with E-state index in [1.165, 1.54) is 0 Å². The summed E-state index contributed by atoms with van der Waals surface area (Å²) < 4.78 is 13.2. The van der Waals surface area contributed by atoms with E-state index in [-0.39, 0.29) is 36.2 Å². The van der Waals surface area contributed by atoms with Crippen molar-refractivity contribution in [1.29, 1.82) is 0 Å². The van der Waals surface area contributed by atoms with Crippen molar-refractivity contribution in [3.8, 4) is 28.4 Å². The lowest BCUT2D eigenvalue weighted by molar-refractivity contribution is -0.130. The largest absolute Gasteiger partial charge is 0.454 e. The summed E-state index contributed by atoms with van der Waals surface area (Å²) in [6.45, 7) is 3.66. The molecule has 3 aliphatic heterocycles. The van der Waals surface area contributed by atoms with Crippen LogP contribution >= 0.6 is 11.8 Å². The molecule has 0 aliphatic carbocycles. The highest BCUT2D eigenvalue weighted by Gasteiger charge is 2.39. The maximum atomic E-state index is 14.0. The third-order valence-electron chi connectivity index (χ3n) is 7.93. The Labute approximate surface area is 242 Å². The summed E-state index contributed by atoms with van der Waals surface area (Å²) in [4.78, 5) is 31.0. The number of thioether (sulfide) groups is 1. The minimum Gasteiger partial charge on any atom is -0.454 e. The normalized spacial score (nSPS) is 18.0. The van der Waals surface area contributed by atoms with Crippen molar-refractivity contribution >= 4 is 29.4 Å². The highest BCUT2D eigenvalue weighted by Crippen LogP contribution is 2.50. The highest BCUT2D eigenvalue weighted by molar-refractivity contribution is 8.00. The van der Waals surface area contributed by atoms with Gasteiger partial charge >= 0.3 is 0 Å². The second-order valence-corrected chi connectivity index (χ2v) is 11.6. The van der Waals surface area contributed by atoms with E-state index in [2.05, 4.69) is 0 Å². The fourth-order valence-corrected chi connectivity index (χ4v) is 7.03. The molecular formula is C32H30N4O4S. The van der Waals surface area contributed by atoms with Crippen molar-refractivity contribution in [1.82, 2.24) is 14.7 Å². The van der Waals surface area contributed by atoms with Gasteiger partial charge in [0.1, 0.15) is 12.4 Å². The average Bonchev–Trinajstić information content (AvgIpc) is 3.76. The molecule has 0 spiro atoms. The molecule has 1 saturated heterocycles. The number of rotatable bonds is 5. The van der Waals surface area contributed by atoms with Crippen LogP contribution in [0.15, 0.2) is 72.8 Å². The minimum absolute atomic E-state index is 0.0218. The van der Waals surface area contributed by atoms with E-state index in [4.69, 9.17) is 14.6 Å². The number of carbonyl (C=O) groups is 2. The highest BCUT2D eigenvalue weighted by atomic mass is 32.2. The second-order valence-electron chi connectivity index (χ2n) is 10.5. The number of anilines is 1. The van der Waals surface area contributed by atoms with E-state index in [0.29, 0.717) is 17.3 Å². The number of fused-ring (bicyclic) bond motifs is 2. The Morgan fingerprint density at radius 1 is 0.976 bits per heavy atom. The van der Waals surface area contributed by atoms with Crippen molar-refractivity contribution < 1.29 is 19.1 Å². The molecule has 1 fully saturated rings. The van der Waals surface area contributed by atoms with Crippen LogP contribution in [0.2, 0.25) is 0 Å². The lowest BCUT2D eigenvalue weighted by Gasteiger charge is -2.26. The van der Waals surface area contributed by atoms with Crippen LogP contribution in [0.5, 0.6) is 11.5 Å². The van der Waals surface area contributed by atoms with Crippen LogP contribution in [0.4, 0.5) is 5.82 Å². The number of amides is 2. The van der Waals surface area contributed by atoms with Crippen LogP contribution < -0.4 is 14.4 Å². The van der Waals surface area contributed by atoms with Gasteiger partial charge in [0.15, 0.2) is 11.5 Å². The molecule has 9 heteroatoms. The summed E-state index contributed by atoms with van der Waals surface area (Å²) in [6.07, 6.45) is 1.98. The number of benzene rings is 3. The number of carbonyl (C=O) groups excluding carboxylic acids is 2. The van der Waals surface area contributed by atoms with Crippen molar-refractivity contribution in [2.24, 2.45) is 0 Å². The molecule has 41 heavy (non-hydrogen) atoms. The number of hydrogen-bond donors (Lipinski definition) is 0. The Balaban J connectivity index is 1.47. The fraction of sp³-hybridized carbons (Fsp3) is 0.281. The lowest BCUT2D eigenvalue weighted by Crippen LogP contribution is -2.43. The molecule has 4 heterocycles. The van der Waals surface area contributed by atoms with Crippen LogP contribution in [0.3, 0.4) is 0 Å². The number of ether oxygens (including phenoxy) is 2. The molecule has 208 valence electrons. The Hall–Kier alpha value is -4.24. The summed E-state index contributed by atoms with van der Waals surface area (Å²) in [5.41, 5.74) is 5.52. The maximum absolute atomic E-state index is 14.0. The number of likely N-dealkylation sites (tertiary alicyclic amines) is 1. The van der Waals surface area contributed by atoms with Crippen LogP contribution in [-0.4, -0.2) is 58.7 Å². The third-order valence-corrected chi connectivity index (χ3v) is 9.19. The zero-order valence-electron chi connectivity index (χ0n) is 22.8. The number of hydrogen-bond acceptors (Lipinski definition) is 6. The van der Waals surface area contributed by atoms with E-state index < -0.39 is 0 Å². The van der Waals surface area contributed by atoms with Gasteiger partial charge in [-0.1, -0.05) is 54.6 Å². The topological polar surface area (TPSA) is 76.9 Å². The summed E-state index contributed by atoms with van der Waals surface area (Å²) >= 11 is 1.55. The van der Waals surface area contributed by atoms with Crippen molar-refractivity contribution in [3.05, 3.63) is 89.5 Å². The molecule has 7 rings (SSSR count). The van der Waals surface area contributed by atoms with Gasteiger partial charge < -0.3 is 14.4 Å². The summed E-state index contributed by atoms with van der Waals surface area (Å²) in [7, 11) is 0. The van der Waals surface area contributed by atoms with Crippen LogP contribution in [0, 0.1) is 6.92 Å². The van der Waals surface area contributed by atoms with E-state index >= 15 is 0 Å². The van der Waals surface area contributed by atoms with E-state index in [0.717, 1.165) is 59.6 Å². The molecule has 1 aromatic heterocycles. The molecule has 3 aliphatic rings. The van der Waals surface area contributed by atoms with Gasteiger partial charge in [0.25, 0.3) is 0 Å². The van der Waals surface area contributed by atoms with Gasteiger partial charge in [-0.15, -0.1) is 11.8 Å². The molecule has 1 atom stereocenters. The summed E-state index contributed by atoms with van der Waals surface area (Å²) in [6, 6.07) is 24.0. The van der Waals surface area contributed by atoms with Gasteiger partial charge in [-0.05, 0) is 49.1 Å². The Kier molecular flexibility index (Phi) is 6.66. The van der Waals surface area contributed by atoms with Gasteiger partial charge in [-0.3, -0.25) is 14.5 Å². The fourth-order valence-electron chi connectivity index (χ4n) is 5.84. The van der Waals surface area contributed by atoms with E-state index in [9.17, 15) is 9.59 Å². The van der Waals surface area contributed by atoms with Crippen LogP contribution in [-0.2, 0) is 9.59 Å². The predicted octanol–water partition coefficient (Wildman–Crippen LogP) is 5.37. The zero-order valence-corrected chi connectivity index (χ0v) is 23.6. The number of para-hydroxylation sites is 1. The minimum atomic E-state index is -0.233. The molecular weight excluding hydrogens is 536 g/mol. The van der Waals surface area contributed by atoms with Crippen molar-refractivity contribution in [2.75, 3.05) is 37.1 Å². The Morgan fingerprint density at radius 2 is 1.73 bits per heavy atom. The summed E-state index contributed by atoms with van der Waals surface area (Å²) in [5.74, 6) is 2.12.